The van der Waals surface area contributed by atoms with E-state index in [1.807, 2.05) is 60.7 Å². The molecule has 186 valence electrons. The second-order valence-electron chi connectivity index (χ2n) is 8.37. The van der Waals surface area contributed by atoms with Crippen molar-refractivity contribution < 1.29 is 28.6 Å². The second kappa shape index (κ2) is 11.4. The van der Waals surface area contributed by atoms with E-state index in [4.69, 9.17) is 14.2 Å². The maximum Gasteiger partial charge on any atom is 0.311 e. The second-order valence-corrected chi connectivity index (χ2v) is 8.37. The topological polar surface area (TPSA) is 94.2 Å². The van der Waals surface area contributed by atoms with Crippen molar-refractivity contribution in [2.24, 2.45) is 5.92 Å². The third-order valence-electron chi connectivity index (χ3n) is 6.07. The summed E-state index contributed by atoms with van der Waals surface area (Å²) in [5.41, 5.74) is 2.34. The predicted octanol–water partition coefficient (Wildman–Crippen LogP) is 3.51. The lowest BCUT2D eigenvalue weighted by Gasteiger charge is -2.21. The first-order chi connectivity index (χ1) is 17.5. The lowest BCUT2D eigenvalue weighted by Crippen LogP contribution is -2.34. The number of benzene rings is 3. The normalized spacial score (nSPS) is 15.8. The van der Waals surface area contributed by atoms with E-state index >= 15 is 0 Å². The van der Waals surface area contributed by atoms with E-state index in [0.717, 1.165) is 11.1 Å². The van der Waals surface area contributed by atoms with Gasteiger partial charge in [-0.15, -0.1) is 0 Å². The average Bonchev–Trinajstić information content (AvgIpc) is 3.32. The van der Waals surface area contributed by atoms with Gasteiger partial charge in [-0.25, -0.2) is 0 Å². The number of nitrogens with zero attached hydrogens (tertiary/aromatic N) is 1. The highest BCUT2D eigenvalue weighted by atomic mass is 16.5. The van der Waals surface area contributed by atoms with Crippen molar-refractivity contribution >= 4 is 23.5 Å². The molecule has 0 aromatic heterocycles. The largest absolute Gasteiger partial charge is 0.497 e. The Labute approximate surface area is 209 Å². The van der Waals surface area contributed by atoms with E-state index in [2.05, 4.69) is 5.32 Å². The summed E-state index contributed by atoms with van der Waals surface area (Å²) < 4.78 is 15.9. The van der Waals surface area contributed by atoms with E-state index < -0.39 is 30.4 Å². The molecule has 0 unspecified atom stereocenters. The molecule has 1 fully saturated rings. The SMILES string of the molecule is COc1ccc([C@H](NC(=O)COC(=O)[C@@H]2CC(=O)N(c3ccccc3OC)C2)c2ccccc2)cc1. The summed E-state index contributed by atoms with van der Waals surface area (Å²) in [5.74, 6) is -0.643. The molecule has 0 radical (unpaired) electrons. The number of ether oxygens (including phenoxy) is 3. The standard InChI is InChI=1S/C28H28N2O6/c1-34-22-14-12-20(13-15-22)27(19-8-4-3-5-9-19)29-25(31)18-36-28(33)21-16-26(32)30(17-21)23-10-6-7-11-24(23)35-2/h3-15,21,27H,16-18H2,1-2H3,(H,29,31)/t21-,27-/m1/s1. The van der Waals surface area contributed by atoms with Crippen LogP contribution in [0.2, 0.25) is 0 Å². The fourth-order valence-electron chi connectivity index (χ4n) is 4.21. The highest BCUT2D eigenvalue weighted by molar-refractivity contribution is 6.00. The van der Waals surface area contributed by atoms with Gasteiger partial charge in [-0.3, -0.25) is 14.4 Å². The Hall–Kier alpha value is -4.33. The van der Waals surface area contributed by atoms with Crippen LogP contribution in [-0.4, -0.2) is 45.2 Å². The minimum absolute atomic E-state index is 0.0109. The molecular formula is C28H28N2O6. The zero-order chi connectivity index (χ0) is 25.5. The third kappa shape index (κ3) is 5.66. The molecule has 1 heterocycles. The number of carbonyl (C=O) groups excluding carboxylic acids is 3. The Kier molecular flexibility index (Phi) is 7.85. The molecule has 0 saturated carbocycles. The first-order valence-electron chi connectivity index (χ1n) is 11.6. The van der Waals surface area contributed by atoms with Gasteiger partial charge in [-0.05, 0) is 35.4 Å². The van der Waals surface area contributed by atoms with Crippen molar-refractivity contribution in [1.29, 1.82) is 0 Å². The predicted molar refractivity (Wildman–Crippen MR) is 134 cm³/mol. The highest BCUT2D eigenvalue weighted by Gasteiger charge is 2.37. The number of hydrogen-bond acceptors (Lipinski definition) is 6. The summed E-state index contributed by atoms with van der Waals surface area (Å²) in [6, 6.07) is 23.6. The third-order valence-corrected chi connectivity index (χ3v) is 6.07. The summed E-state index contributed by atoms with van der Waals surface area (Å²) in [7, 11) is 3.12. The molecule has 0 bridgehead atoms. The van der Waals surface area contributed by atoms with Crippen LogP contribution < -0.4 is 19.7 Å². The van der Waals surface area contributed by atoms with Gasteiger partial charge in [0.1, 0.15) is 11.5 Å². The quantitative estimate of drug-likeness (QED) is 0.464. The van der Waals surface area contributed by atoms with Gasteiger partial charge in [0.05, 0.1) is 31.9 Å². The van der Waals surface area contributed by atoms with Gasteiger partial charge >= 0.3 is 5.97 Å². The van der Waals surface area contributed by atoms with Crippen molar-refractivity contribution in [1.82, 2.24) is 5.32 Å². The molecule has 3 aromatic rings. The van der Waals surface area contributed by atoms with E-state index in [0.29, 0.717) is 17.2 Å². The van der Waals surface area contributed by atoms with Gasteiger partial charge < -0.3 is 24.4 Å². The van der Waals surface area contributed by atoms with Crippen LogP contribution in [0.5, 0.6) is 11.5 Å². The van der Waals surface area contributed by atoms with E-state index in [9.17, 15) is 14.4 Å². The fraction of sp³-hybridized carbons (Fsp3) is 0.250. The maximum absolute atomic E-state index is 12.8. The van der Waals surface area contributed by atoms with Crippen LogP contribution >= 0.6 is 0 Å². The number of esters is 1. The van der Waals surface area contributed by atoms with E-state index in [1.165, 1.54) is 12.0 Å². The number of para-hydroxylation sites is 2. The Balaban J connectivity index is 1.38. The van der Waals surface area contributed by atoms with Crippen LogP contribution in [-0.2, 0) is 19.1 Å². The summed E-state index contributed by atoms with van der Waals surface area (Å²) in [4.78, 5) is 39.6. The Bertz CT molecular complexity index is 1210. The minimum Gasteiger partial charge on any atom is -0.497 e. The Morgan fingerprint density at radius 2 is 1.58 bits per heavy atom. The lowest BCUT2D eigenvalue weighted by atomic mass is 9.98. The van der Waals surface area contributed by atoms with E-state index in [1.54, 1.807) is 25.3 Å². The number of rotatable bonds is 9. The van der Waals surface area contributed by atoms with Crippen LogP contribution in [0.3, 0.4) is 0 Å². The van der Waals surface area contributed by atoms with Gasteiger partial charge in [-0.1, -0.05) is 54.6 Å². The highest BCUT2D eigenvalue weighted by Crippen LogP contribution is 2.33. The van der Waals surface area contributed by atoms with Gasteiger partial charge in [0.2, 0.25) is 5.91 Å². The lowest BCUT2D eigenvalue weighted by molar-refractivity contribution is -0.152. The number of methoxy groups -OCH3 is 2. The van der Waals surface area contributed by atoms with Crippen molar-refractivity contribution in [2.45, 2.75) is 12.5 Å². The molecule has 36 heavy (non-hydrogen) atoms. The van der Waals surface area contributed by atoms with Crippen molar-refractivity contribution in [3.63, 3.8) is 0 Å². The molecule has 4 rings (SSSR count). The monoisotopic (exact) mass is 488 g/mol. The van der Waals surface area contributed by atoms with Gasteiger partial charge in [-0.2, -0.15) is 0 Å². The molecule has 1 aliphatic heterocycles. The van der Waals surface area contributed by atoms with Crippen LogP contribution in [0.15, 0.2) is 78.9 Å². The summed E-state index contributed by atoms with van der Waals surface area (Å²) >= 11 is 0. The van der Waals surface area contributed by atoms with E-state index in [-0.39, 0.29) is 18.9 Å². The first-order valence-corrected chi connectivity index (χ1v) is 11.6. The van der Waals surface area contributed by atoms with Gasteiger partial charge in [0.25, 0.3) is 5.91 Å². The number of amides is 2. The zero-order valence-electron chi connectivity index (χ0n) is 20.2. The molecule has 2 atom stereocenters. The maximum atomic E-state index is 12.8. The van der Waals surface area contributed by atoms with Crippen LogP contribution in [0, 0.1) is 5.92 Å². The first kappa shape index (κ1) is 24.8. The van der Waals surface area contributed by atoms with Crippen LogP contribution in [0.4, 0.5) is 5.69 Å². The minimum atomic E-state index is -0.665. The van der Waals surface area contributed by atoms with Crippen LogP contribution in [0.1, 0.15) is 23.6 Å². The van der Waals surface area contributed by atoms with Gasteiger partial charge in [0, 0.05) is 13.0 Å². The summed E-state index contributed by atoms with van der Waals surface area (Å²) in [5, 5.41) is 2.94. The molecule has 8 heteroatoms. The van der Waals surface area contributed by atoms with Crippen molar-refractivity contribution in [3.8, 4) is 11.5 Å². The number of hydrogen-bond donors (Lipinski definition) is 1. The molecule has 1 saturated heterocycles. The zero-order valence-corrected chi connectivity index (χ0v) is 20.2. The van der Waals surface area contributed by atoms with Crippen molar-refractivity contribution in [2.75, 3.05) is 32.3 Å². The molecule has 1 N–H and O–H groups in total. The van der Waals surface area contributed by atoms with Crippen molar-refractivity contribution in [3.05, 3.63) is 90.0 Å². The number of anilines is 1. The number of nitrogens with one attached hydrogen (secondary N) is 1. The summed E-state index contributed by atoms with van der Waals surface area (Å²) in [6.07, 6.45) is 0.0109. The molecule has 0 aliphatic carbocycles. The summed E-state index contributed by atoms with van der Waals surface area (Å²) in [6.45, 7) is -0.282. The molecule has 0 spiro atoms. The molecule has 8 nitrogen and oxygen atoms in total. The average molecular weight is 489 g/mol. The smallest absolute Gasteiger partial charge is 0.311 e. The molecule has 3 aromatic carbocycles. The molecule has 2 amide bonds. The molecule has 1 aliphatic rings. The van der Waals surface area contributed by atoms with Gasteiger partial charge in [0.15, 0.2) is 6.61 Å². The fourth-order valence-corrected chi connectivity index (χ4v) is 4.21. The number of carbonyl (C=O) groups is 3. The Morgan fingerprint density at radius 3 is 2.28 bits per heavy atom. The van der Waals surface area contributed by atoms with Crippen LogP contribution in [0.25, 0.3) is 0 Å². The molecular weight excluding hydrogens is 460 g/mol. The Morgan fingerprint density at radius 1 is 0.917 bits per heavy atom.